The molecule has 0 saturated carbocycles. The minimum absolute atomic E-state index is 0.00489. The summed E-state index contributed by atoms with van der Waals surface area (Å²) in [5, 5.41) is 3.28. The number of benzene rings is 1. The van der Waals surface area contributed by atoms with Crippen LogP contribution in [0.2, 0.25) is 0 Å². The first kappa shape index (κ1) is 14.7. The third-order valence-corrected chi connectivity index (χ3v) is 3.13. The number of aromatic nitrogens is 1. The third-order valence-electron chi connectivity index (χ3n) is 2.70. The van der Waals surface area contributed by atoms with Crippen LogP contribution >= 0.6 is 15.9 Å². The van der Waals surface area contributed by atoms with E-state index in [1.165, 1.54) is 0 Å². The molecule has 0 spiro atoms. The topological polar surface area (TPSA) is 43.4 Å². The molecule has 2 rings (SSSR count). The molecule has 1 aromatic carbocycles. The summed E-state index contributed by atoms with van der Waals surface area (Å²) in [6.07, 6.45) is 3.53. The van der Waals surface area contributed by atoms with Gasteiger partial charge in [0.25, 0.3) is 0 Å². The molecule has 0 aliphatic heterocycles. The van der Waals surface area contributed by atoms with Crippen molar-refractivity contribution in [3.05, 3.63) is 47.2 Å². The van der Waals surface area contributed by atoms with E-state index in [4.69, 9.17) is 9.47 Å². The summed E-state index contributed by atoms with van der Waals surface area (Å²) in [7, 11) is 1.64. The van der Waals surface area contributed by atoms with Gasteiger partial charge in [0, 0.05) is 10.7 Å². The van der Waals surface area contributed by atoms with Gasteiger partial charge in [0.1, 0.15) is 6.10 Å². The fraction of sp³-hybridized carbons (Fsp3) is 0.267. The average Bonchev–Trinajstić information content (AvgIpc) is 2.46. The molecule has 5 heteroatoms. The van der Waals surface area contributed by atoms with Crippen molar-refractivity contribution in [3.8, 4) is 11.5 Å². The lowest BCUT2D eigenvalue weighted by molar-refractivity contribution is 0.223. The van der Waals surface area contributed by atoms with E-state index in [1.54, 1.807) is 19.5 Å². The van der Waals surface area contributed by atoms with Crippen LogP contribution < -0.4 is 14.8 Å². The Kier molecular flexibility index (Phi) is 5.24. The van der Waals surface area contributed by atoms with Crippen molar-refractivity contribution in [2.24, 2.45) is 0 Å². The van der Waals surface area contributed by atoms with Crippen LogP contribution in [0.3, 0.4) is 0 Å². The van der Waals surface area contributed by atoms with Crippen LogP contribution in [-0.4, -0.2) is 24.7 Å². The van der Waals surface area contributed by atoms with Gasteiger partial charge >= 0.3 is 0 Å². The average molecular weight is 337 g/mol. The van der Waals surface area contributed by atoms with E-state index in [2.05, 4.69) is 26.2 Å². The second-order valence-electron chi connectivity index (χ2n) is 4.35. The van der Waals surface area contributed by atoms with E-state index in [9.17, 15) is 0 Å². The van der Waals surface area contributed by atoms with Gasteiger partial charge in [0.05, 0.1) is 25.5 Å². The fourth-order valence-electron chi connectivity index (χ4n) is 1.74. The zero-order chi connectivity index (χ0) is 14.4. The molecule has 0 aliphatic rings. The van der Waals surface area contributed by atoms with E-state index in [0.29, 0.717) is 6.54 Å². The number of para-hydroxylation sites is 2. The summed E-state index contributed by atoms with van der Waals surface area (Å²) in [5.74, 6) is 1.49. The molecule has 1 atom stereocenters. The lowest BCUT2D eigenvalue weighted by atomic mass is 10.3. The maximum Gasteiger partial charge on any atom is 0.161 e. The summed E-state index contributed by atoms with van der Waals surface area (Å²) >= 11 is 3.39. The van der Waals surface area contributed by atoms with Gasteiger partial charge in [-0.1, -0.05) is 12.1 Å². The van der Waals surface area contributed by atoms with Gasteiger partial charge in [0.15, 0.2) is 11.5 Å². The van der Waals surface area contributed by atoms with Crippen molar-refractivity contribution in [3.63, 3.8) is 0 Å². The Balaban J connectivity index is 1.91. The van der Waals surface area contributed by atoms with Crippen LogP contribution in [0, 0.1) is 0 Å². The van der Waals surface area contributed by atoms with Crippen LogP contribution in [0.1, 0.15) is 6.92 Å². The molecule has 0 radical (unpaired) electrons. The molecule has 0 amide bonds. The van der Waals surface area contributed by atoms with Gasteiger partial charge in [-0.3, -0.25) is 4.98 Å². The first-order chi connectivity index (χ1) is 9.69. The Hall–Kier alpha value is -1.75. The number of hydrogen-bond acceptors (Lipinski definition) is 4. The first-order valence-electron chi connectivity index (χ1n) is 6.33. The molecule has 2 aromatic rings. The number of halogens is 1. The maximum absolute atomic E-state index is 5.87. The number of nitrogens with zero attached hydrogens (tertiary/aromatic N) is 1. The molecule has 0 fully saturated rings. The van der Waals surface area contributed by atoms with Crippen molar-refractivity contribution < 1.29 is 9.47 Å². The number of pyridine rings is 1. The van der Waals surface area contributed by atoms with Crippen molar-refractivity contribution in [2.75, 3.05) is 19.0 Å². The van der Waals surface area contributed by atoms with Gasteiger partial charge < -0.3 is 14.8 Å². The zero-order valence-electron chi connectivity index (χ0n) is 11.5. The smallest absolute Gasteiger partial charge is 0.161 e. The number of ether oxygens (including phenoxy) is 2. The Morgan fingerprint density at radius 2 is 2.00 bits per heavy atom. The van der Waals surface area contributed by atoms with Gasteiger partial charge in [-0.05, 0) is 41.1 Å². The minimum Gasteiger partial charge on any atom is -0.493 e. The predicted octanol–water partition coefficient (Wildman–Crippen LogP) is 3.73. The largest absolute Gasteiger partial charge is 0.493 e. The Labute approximate surface area is 127 Å². The predicted molar refractivity (Wildman–Crippen MR) is 83.5 cm³/mol. The number of anilines is 1. The van der Waals surface area contributed by atoms with E-state index in [-0.39, 0.29) is 6.10 Å². The highest BCUT2D eigenvalue weighted by molar-refractivity contribution is 9.10. The van der Waals surface area contributed by atoms with Gasteiger partial charge in [-0.15, -0.1) is 0 Å². The number of hydrogen-bond donors (Lipinski definition) is 1. The zero-order valence-corrected chi connectivity index (χ0v) is 13.1. The van der Waals surface area contributed by atoms with Crippen LogP contribution in [0.4, 0.5) is 5.69 Å². The molecule has 1 N–H and O–H groups in total. The first-order valence-corrected chi connectivity index (χ1v) is 7.12. The lowest BCUT2D eigenvalue weighted by Crippen LogP contribution is -2.22. The van der Waals surface area contributed by atoms with E-state index >= 15 is 0 Å². The highest BCUT2D eigenvalue weighted by Crippen LogP contribution is 2.26. The fourth-order valence-corrected chi connectivity index (χ4v) is 2.11. The molecule has 1 unspecified atom stereocenters. The van der Waals surface area contributed by atoms with Crippen molar-refractivity contribution in [2.45, 2.75) is 13.0 Å². The minimum atomic E-state index is 0.00489. The normalized spacial score (nSPS) is 11.8. The van der Waals surface area contributed by atoms with Gasteiger partial charge in [-0.2, -0.15) is 0 Å². The Morgan fingerprint density at radius 1 is 1.25 bits per heavy atom. The monoisotopic (exact) mass is 336 g/mol. The van der Waals surface area contributed by atoms with E-state index in [0.717, 1.165) is 21.7 Å². The van der Waals surface area contributed by atoms with Crippen molar-refractivity contribution >= 4 is 21.6 Å². The SMILES string of the molecule is COc1ccccc1OC(C)CNc1cncc(Br)c1. The molecule has 1 aromatic heterocycles. The summed E-state index contributed by atoms with van der Waals surface area (Å²) in [6.45, 7) is 2.68. The molecule has 106 valence electrons. The van der Waals surface area contributed by atoms with Crippen LogP contribution in [0.15, 0.2) is 47.2 Å². The standard InChI is InChI=1S/C15H17BrN2O2/c1-11(8-18-13-7-12(16)9-17-10-13)20-15-6-4-3-5-14(15)19-2/h3-7,9-11,18H,8H2,1-2H3. The van der Waals surface area contributed by atoms with Crippen LogP contribution in [0.5, 0.6) is 11.5 Å². The number of nitrogens with one attached hydrogen (secondary N) is 1. The van der Waals surface area contributed by atoms with Crippen molar-refractivity contribution in [1.29, 1.82) is 0 Å². The van der Waals surface area contributed by atoms with Crippen molar-refractivity contribution in [1.82, 2.24) is 4.98 Å². The molecule has 0 bridgehead atoms. The second kappa shape index (κ2) is 7.14. The highest BCUT2D eigenvalue weighted by Gasteiger charge is 2.08. The summed E-state index contributed by atoms with van der Waals surface area (Å²) in [4.78, 5) is 4.10. The van der Waals surface area contributed by atoms with Gasteiger partial charge in [0.2, 0.25) is 0 Å². The second-order valence-corrected chi connectivity index (χ2v) is 5.27. The number of rotatable bonds is 6. The van der Waals surface area contributed by atoms with Gasteiger partial charge in [-0.25, -0.2) is 0 Å². The molecular weight excluding hydrogens is 320 g/mol. The lowest BCUT2D eigenvalue weighted by Gasteiger charge is -2.17. The summed E-state index contributed by atoms with van der Waals surface area (Å²) in [5.41, 5.74) is 0.954. The quantitative estimate of drug-likeness (QED) is 0.872. The van der Waals surface area contributed by atoms with E-state index < -0.39 is 0 Å². The van der Waals surface area contributed by atoms with Crippen LogP contribution in [0.25, 0.3) is 0 Å². The molecule has 0 saturated heterocycles. The third kappa shape index (κ3) is 4.13. The molecule has 4 nitrogen and oxygen atoms in total. The van der Waals surface area contributed by atoms with E-state index in [1.807, 2.05) is 37.3 Å². The Bertz CT molecular complexity index is 563. The number of methoxy groups -OCH3 is 1. The molecule has 20 heavy (non-hydrogen) atoms. The molecule has 0 aliphatic carbocycles. The van der Waals surface area contributed by atoms with Crippen LogP contribution in [-0.2, 0) is 0 Å². The highest BCUT2D eigenvalue weighted by atomic mass is 79.9. The molecular formula is C15H17BrN2O2. The molecule has 1 heterocycles. The Morgan fingerprint density at radius 3 is 2.70 bits per heavy atom. The summed E-state index contributed by atoms with van der Waals surface area (Å²) < 4.78 is 12.1. The summed E-state index contributed by atoms with van der Waals surface area (Å²) in [6, 6.07) is 9.60. The maximum atomic E-state index is 5.87.